The van der Waals surface area contributed by atoms with Crippen LogP contribution in [0.15, 0.2) is 24.3 Å². The van der Waals surface area contributed by atoms with Gasteiger partial charge in [-0.05, 0) is 24.2 Å². The molecule has 9 heteroatoms. The van der Waals surface area contributed by atoms with Crippen molar-refractivity contribution < 1.29 is 24.0 Å². The number of carboxylic acid groups (broad SMARTS) is 1. The molecule has 0 aromatic heterocycles. The summed E-state index contributed by atoms with van der Waals surface area (Å²) in [5.74, 6) is -1.85. The lowest BCUT2D eigenvalue weighted by atomic mass is 10.1. The molecule has 0 aliphatic heterocycles. The van der Waals surface area contributed by atoms with E-state index in [4.69, 9.17) is 4.43 Å². The molecule has 26 heavy (non-hydrogen) atoms. The maximum Gasteiger partial charge on any atom is 0.326 e. The second kappa shape index (κ2) is 8.41. The van der Waals surface area contributed by atoms with Crippen LogP contribution in [0.3, 0.4) is 0 Å². The summed E-state index contributed by atoms with van der Waals surface area (Å²) in [5.41, 5.74) is -0.193. The Morgan fingerprint density at radius 1 is 1.35 bits per heavy atom. The van der Waals surface area contributed by atoms with Gasteiger partial charge in [-0.3, -0.25) is 14.9 Å². The highest BCUT2D eigenvalue weighted by Gasteiger charge is 2.37. The van der Waals surface area contributed by atoms with Crippen LogP contribution in [-0.2, 0) is 9.22 Å². The largest absolute Gasteiger partial charge is 0.480 e. The number of nitro groups is 1. The first-order chi connectivity index (χ1) is 11.8. The summed E-state index contributed by atoms with van der Waals surface area (Å²) in [6.45, 7) is 10.6. The first-order valence-corrected chi connectivity index (χ1v) is 11.2. The van der Waals surface area contributed by atoms with Crippen molar-refractivity contribution in [1.29, 1.82) is 0 Å². The first-order valence-electron chi connectivity index (χ1n) is 8.27. The van der Waals surface area contributed by atoms with E-state index in [9.17, 15) is 24.8 Å². The number of rotatable bonds is 8. The zero-order valence-corrected chi connectivity index (χ0v) is 16.7. The maximum atomic E-state index is 12.2. The molecule has 0 heterocycles. The van der Waals surface area contributed by atoms with Crippen LogP contribution < -0.4 is 5.32 Å². The molecule has 0 spiro atoms. The number of nitro benzene ring substituents is 1. The summed E-state index contributed by atoms with van der Waals surface area (Å²) in [5, 5.41) is 22.5. The van der Waals surface area contributed by atoms with Gasteiger partial charge in [-0.25, -0.2) is 4.79 Å². The number of hydrogen-bond donors (Lipinski definition) is 2. The second-order valence-corrected chi connectivity index (χ2v) is 12.4. The summed E-state index contributed by atoms with van der Waals surface area (Å²) < 4.78 is 5.95. The van der Waals surface area contributed by atoms with E-state index in [2.05, 4.69) is 39.2 Å². The third-order valence-corrected chi connectivity index (χ3v) is 9.14. The molecule has 0 bridgehead atoms. The smallest absolute Gasteiger partial charge is 0.326 e. The Labute approximate surface area is 153 Å². The molecule has 144 valence electrons. The van der Waals surface area contributed by atoms with E-state index in [1.54, 1.807) is 0 Å². The van der Waals surface area contributed by atoms with Gasteiger partial charge in [0.2, 0.25) is 0 Å². The Morgan fingerprint density at radius 2 is 1.96 bits per heavy atom. The van der Waals surface area contributed by atoms with Gasteiger partial charge in [-0.15, -0.1) is 0 Å². The van der Waals surface area contributed by atoms with E-state index in [1.807, 2.05) is 0 Å². The molecule has 0 aliphatic carbocycles. The van der Waals surface area contributed by atoms with Crippen molar-refractivity contribution in [2.24, 2.45) is 0 Å². The van der Waals surface area contributed by atoms with Crippen molar-refractivity contribution in [2.45, 2.75) is 51.4 Å². The van der Waals surface area contributed by atoms with Crippen molar-refractivity contribution in [3.8, 4) is 0 Å². The van der Waals surface area contributed by atoms with Gasteiger partial charge in [0.15, 0.2) is 8.32 Å². The number of nitrogens with zero attached hydrogens (tertiary/aromatic N) is 1. The topological polar surface area (TPSA) is 119 Å². The number of carboxylic acids is 1. The summed E-state index contributed by atoms with van der Waals surface area (Å²) >= 11 is 0. The molecule has 2 N–H and O–H groups in total. The molecule has 0 saturated carbocycles. The second-order valence-electron chi connectivity index (χ2n) is 7.57. The highest BCUT2D eigenvalue weighted by Crippen LogP contribution is 2.36. The lowest BCUT2D eigenvalue weighted by molar-refractivity contribution is -0.384. The van der Waals surface area contributed by atoms with Gasteiger partial charge in [0.05, 0.1) is 4.92 Å². The Balaban J connectivity index is 2.74. The molecule has 0 saturated heterocycles. The first kappa shape index (κ1) is 21.8. The predicted molar refractivity (Wildman–Crippen MR) is 99.8 cm³/mol. The van der Waals surface area contributed by atoms with Crippen LogP contribution in [0.25, 0.3) is 0 Å². The van der Waals surface area contributed by atoms with E-state index in [0.717, 1.165) is 6.07 Å². The zero-order valence-electron chi connectivity index (χ0n) is 15.7. The van der Waals surface area contributed by atoms with Gasteiger partial charge < -0.3 is 14.8 Å². The molecule has 0 aliphatic rings. The average Bonchev–Trinajstić information content (AvgIpc) is 2.52. The van der Waals surface area contributed by atoms with E-state index >= 15 is 0 Å². The predicted octanol–water partition coefficient (Wildman–Crippen LogP) is 3.19. The number of carbonyl (C=O) groups excluding carboxylic acids is 1. The third kappa shape index (κ3) is 5.92. The average molecular weight is 382 g/mol. The maximum absolute atomic E-state index is 12.2. The summed E-state index contributed by atoms with van der Waals surface area (Å²) in [6, 6.07) is 4.02. The standard InChI is InChI=1S/C17H26N2O6Si/c1-17(2,3)26(4,5)25-10-9-14(16(21)22)18-15(20)12-7-6-8-13(11-12)19(23)24/h6-8,11,14H,9-10H2,1-5H3,(H,18,20)(H,21,22)/t14-/m0/s1. The number of non-ortho nitro benzene ring substituents is 1. The Kier molecular flexibility index (Phi) is 7.05. The number of nitrogens with one attached hydrogen (secondary N) is 1. The minimum atomic E-state index is -2.01. The van der Waals surface area contributed by atoms with Gasteiger partial charge >= 0.3 is 5.97 Å². The number of benzene rings is 1. The highest BCUT2D eigenvalue weighted by molar-refractivity contribution is 6.74. The molecule has 1 atom stereocenters. The Morgan fingerprint density at radius 3 is 2.46 bits per heavy atom. The lowest BCUT2D eigenvalue weighted by Gasteiger charge is -2.36. The molecular weight excluding hydrogens is 356 g/mol. The minimum absolute atomic E-state index is 0.00204. The van der Waals surface area contributed by atoms with Crippen molar-refractivity contribution in [2.75, 3.05) is 6.61 Å². The number of amides is 1. The van der Waals surface area contributed by atoms with Crippen molar-refractivity contribution in [3.63, 3.8) is 0 Å². The van der Waals surface area contributed by atoms with Crippen LogP contribution in [-0.4, -0.2) is 42.9 Å². The Hall–Kier alpha value is -2.26. The monoisotopic (exact) mass is 382 g/mol. The van der Waals surface area contributed by atoms with Crippen LogP contribution in [0.4, 0.5) is 5.69 Å². The molecule has 1 aromatic rings. The number of hydrogen-bond acceptors (Lipinski definition) is 5. The molecule has 1 rings (SSSR count). The normalized spacial score (nSPS) is 13.1. The van der Waals surface area contributed by atoms with E-state index < -0.39 is 31.2 Å². The molecule has 0 fully saturated rings. The van der Waals surface area contributed by atoms with Gasteiger partial charge in [0.1, 0.15) is 6.04 Å². The summed E-state index contributed by atoms with van der Waals surface area (Å²) in [4.78, 5) is 33.8. The van der Waals surface area contributed by atoms with E-state index in [1.165, 1.54) is 18.2 Å². The van der Waals surface area contributed by atoms with Crippen molar-refractivity contribution in [1.82, 2.24) is 5.32 Å². The SMILES string of the molecule is CC(C)(C)[Si](C)(C)OCC[C@H](NC(=O)c1cccc([N+](=O)[O-])c1)C(=O)O. The van der Waals surface area contributed by atoms with Gasteiger partial charge in [-0.2, -0.15) is 0 Å². The fourth-order valence-corrected chi connectivity index (χ4v) is 2.97. The van der Waals surface area contributed by atoms with E-state index in [-0.39, 0.29) is 29.3 Å². The lowest BCUT2D eigenvalue weighted by Crippen LogP contribution is -2.44. The van der Waals surface area contributed by atoms with Gasteiger partial charge in [-0.1, -0.05) is 26.8 Å². The van der Waals surface area contributed by atoms with Gasteiger partial charge in [0, 0.05) is 30.7 Å². The van der Waals surface area contributed by atoms with Crippen LogP contribution in [0.1, 0.15) is 37.6 Å². The fraction of sp³-hybridized carbons (Fsp3) is 0.529. The minimum Gasteiger partial charge on any atom is -0.480 e. The summed E-state index contributed by atoms with van der Waals surface area (Å²) in [7, 11) is -2.01. The molecule has 0 radical (unpaired) electrons. The number of aliphatic carboxylic acids is 1. The molecule has 0 unspecified atom stereocenters. The zero-order chi connectivity index (χ0) is 20.1. The van der Waals surface area contributed by atoms with Crippen LogP contribution >= 0.6 is 0 Å². The van der Waals surface area contributed by atoms with Gasteiger partial charge in [0.25, 0.3) is 11.6 Å². The Bertz CT molecular complexity index is 684. The van der Waals surface area contributed by atoms with Crippen LogP contribution in [0, 0.1) is 10.1 Å². The molecule has 8 nitrogen and oxygen atoms in total. The fourth-order valence-electron chi connectivity index (χ4n) is 1.91. The third-order valence-electron chi connectivity index (χ3n) is 4.60. The highest BCUT2D eigenvalue weighted by atomic mass is 28.4. The van der Waals surface area contributed by atoms with E-state index in [0.29, 0.717) is 0 Å². The molecule has 1 amide bonds. The van der Waals surface area contributed by atoms with Crippen LogP contribution in [0.2, 0.25) is 18.1 Å². The molecular formula is C17H26N2O6Si. The van der Waals surface area contributed by atoms with Crippen molar-refractivity contribution >= 4 is 25.9 Å². The van der Waals surface area contributed by atoms with Crippen molar-refractivity contribution in [3.05, 3.63) is 39.9 Å². The van der Waals surface area contributed by atoms with Crippen LogP contribution in [0.5, 0.6) is 0 Å². The summed E-state index contributed by atoms with van der Waals surface area (Å²) in [6.07, 6.45) is 0.114. The number of carbonyl (C=O) groups is 2. The molecule has 1 aromatic carbocycles. The quantitative estimate of drug-likeness (QED) is 0.405.